The summed E-state index contributed by atoms with van der Waals surface area (Å²) in [5.74, 6) is 1.27. The summed E-state index contributed by atoms with van der Waals surface area (Å²) in [5.41, 5.74) is 1.35. The molecule has 0 N–H and O–H groups in total. The Balaban J connectivity index is 2.61. The lowest BCUT2D eigenvalue weighted by atomic mass is 10.0. The summed E-state index contributed by atoms with van der Waals surface area (Å²) in [5, 5.41) is 0. The Morgan fingerprint density at radius 3 is 2.32 bits per heavy atom. The topological polar surface area (TPSA) is 35.5 Å². The van der Waals surface area contributed by atoms with E-state index in [0.717, 1.165) is 5.75 Å². The van der Waals surface area contributed by atoms with Crippen molar-refractivity contribution in [3.63, 3.8) is 0 Å². The van der Waals surface area contributed by atoms with Gasteiger partial charge in [-0.2, -0.15) is 0 Å². The average molecular weight is 258 g/mol. The summed E-state index contributed by atoms with van der Waals surface area (Å²) < 4.78 is 9.94. The zero-order chi connectivity index (χ0) is 14.3. The highest BCUT2D eigenvalue weighted by molar-refractivity contribution is 5.97. The number of methoxy groups -OCH3 is 2. The molecule has 3 heteroatoms. The minimum Gasteiger partial charge on any atom is -0.497 e. The summed E-state index contributed by atoms with van der Waals surface area (Å²) in [7, 11) is 3.13. The molecule has 0 amide bonds. The van der Waals surface area contributed by atoms with Gasteiger partial charge < -0.3 is 9.47 Å². The summed E-state index contributed by atoms with van der Waals surface area (Å²) in [6, 6.07) is 7.01. The Morgan fingerprint density at radius 1 is 1.16 bits per heavy atom. The number of rotatable bonds is 7. The summed E-state index contributed by atoms with van der Waals surface area (Å²) in [6.45, 7) is 7.48. The first kappa shape index (κ1) is 14.8. The predicted molar refractivity (Wildman–Crippen MR) is 76.4 cm³/mol. The highest BCUT2D eigenvalue weighted by Gasteiger charge is 2.06. The number of allylic oxidation sites excluding steroid dienone is 3. The van der Waals surface area contributed by atoms with Gasteiger partial charge in [-0.25, -0.2) is 0 Å². The first-order valence-electron chi connectivity index (χ1n) is 5.83. The van der Waals surface area contributed by atoms with Gasteiger partial charge in [0.25, 0.3) is 0 Å². The molecule has 0 heterocycles. The molecular formula is C16H18O3. The molecule has 0 saturated heterocycles. The third kappa shape index (κ3) is 4.84. The molecule has 0 bridgehead atoms. The van der Waals surface area contributed by atoms with E-state index in [1.54, 1.807) is 43.5 Å². The van der Waals surface area contributed by atoms with Gasteiger partial charge in [0.15, 0.2) is 5.78 Å². The molecular weight excluding hydrogens is 240 g/mol. The van der Waals surface area contributed by atoms with Gasteiger partial charge in [0.1, 0.15) is 11.5 Å². The highest BCUT2D eigenvalue weighted by Crippen LogP contribution is 2.15. The second-order valence-electron chi connectivity index (χ2n) is 3.99. The van der Waals surface area contributed by atoms with Gasteiger partial charge >= 0.3 is 0 Å². The molecule has 0 atom stereocenters. The Labute approximate surface area is 113 Å². The molecule has 0 unspecified atom stereocenters. The molecule has 1 aromatic carbocycles. The molecule has 1 aromatic rings. The third-order valence-electron chi connectivity index (χ3n) is 2.57. The second-order valence-corrected chi connectivity index (χ2v) is 3.99. The lowest BCUT2D eigenvalue weighted by Gasteiger charge is -2.03. The van der Waals surface area contributed by atoms with Crippen molar-refractivity contribution >= 4 is 5.78 Å². The predicted octanol–water partition coefficient (Wildman–Crippen LogP) is 3.54. The number of benzene rings is 1. The van der Waals surface area contributed by atoms with E-state index in [1.807, 2.05) is 0 Å². The van der Waals surface area contributed by atoms with Crippen LogP contribution in [0.4, 0.5) is 0 Å². The van der Waals surface area contributed by atoms with Crippen LogP contribution in [0.2, 0.25) is 0 Å². The molecule has 0 saturated carbocycles. The number of carbonyl (C=O) groups is 1. The zero-order valence-electron chi connectivity index (χ0n) is 11.3. The van der Waals surface area contributed by atoms with Crippen molar-refractivity contribution in [3.8, 4) is 5.75 Å². The van der Waals surface area contributed by atoms with Gasteiger partial charge in [0, 0.05) is 12.0 Å². The Kier molecular flexibility index (Phi) is 5.61. The first-order chi connectivity index (χ1) is 9.06. The number of ether oxygens (including phenoxy) is 2. The number of ketones is 1. The largest absolute Gasteiger partial charge is 0.497 e. The summed E-state index contributed by atoms with van der Waals surface area (Å²) in [6.07, 6.45) is 3.68. The van der Waals surface area contributed by atoms with Crippen LogP contribution in [0.15, 0.2) is 60.9 Å². The summed E-state index contributed by atoms with van der Waals surface area (Å²) in [4.78, 5) is 12.0. The molecule has 1 rings (SSSR count). The van der Waals surface area contributed by atoms with E-state index >= 15 is 0 Å². The normalized spacial score (nSPS) is 10.2. The molecule has 0 spiro atoms. The number of carbonyl (C=O) groups excluding carboxylic acids is 1. The van der Waals surface area contributed by atoms with Crippen LogP contribution in [-0.2, 0) is 4.74 Å². The van der Waals surface area contributed by atoms with Gasteiger partial charge in [-0.05, 0) is 35.9 Å². The minimum atomic E-state index is 0.0142. The van der Waals surface area contributed by atoms with E-state index in [9.17, 15) is 4.79 Å². The van der Waals surface area contributed by atoms with Crippen LogP contribution in [-0.4, -0.2) is 20.0 Å². The second kappa shape index (κ2) is 7.21. The van der Waals surface area contributed by atoms with Crippen molar-refractivity contribution in [1.82, 2.24) is 0 Å². The SMILES string of the molecule is C=C(/C=C\C(=C)OC)CC(=O)c1ccc(OC)cc1. The van der Waals surface area contributed by atoms with Crippen molar-refractivity contribution in [1.29, 1.82) is 0 Å². The van der Waals surface area contributed by atoms with Crippen LogP contribution < -0.4 is 4.74 Å². The van der Waals surface area contributed by atoms with E-state index in [4.69, 9.17) is 9.47 Å². The van der Waals surface area contributed by atoms with Crippen molar-refractivity contribution in [2.75, 3.05) is 14.2 Å². The molecule has 0 radical (unpaired) electrons. The first-order valence-corrected chi connectivity index (χ1v) is 5.83. The smallest absolute Gasteiger partial charge is 0.167 e. The van der Waals surface area contributed by atoms with Gasteiger partial charge in [-0.1, -0.05) is 19.2 Å². The Bertz CT molecular complexity index is 495. The maximum atomic E-state index is 12.0. The lowest BCUT2D eigenvalue weighted by molar-refractivity contribution is 0.0994. The van der Waals surface area contributed by atoms with Crippen LogP contribution in [0, 0.1) is 0 Å². The molecule has 19 heavy (non-hydrogen) atoms. The van der Waals surface area contributed by atoms with E-state index in [0.29, 0.717) is 16.9 Å². The third-order valence-corrected chi connectivity index (χ3v) is 2.57. The molecule has 0 aliphatic carbocycles. The molecule has 0 fully saturated rings. The summed E-state index contributed by atoms with van der Waals surface area (Å²) >= 11 is 0. The van der Waals surface area contributed by atoms with Crippen molar-refractivity contribution < 1.29 is 14.3 Å². The molecule has 0 aliphatic rings. The monoisotopic (exact) mass is 258 g/mol. The number of Topliss-reactive ketones (excluding diaryl/α,β-unsaturated/α-hetero) is 1. The van der Waals surface area contributed by atoms with Crippen molar-refractivity contribution in [3.05, 3.63) is 66.5 Å². The average Bonchev–Trinajstić information content (AvgIpc) is 2.44. The standard InChI is InChI=1S/C16H18O3/c1-12(5-6-13(2)18-3)11-16(17)14-7-9-15(19-4)10-8-14/h5-10H,1-2,11H2,3-4H3/b6-5-. The lowest BCUT2D eigenvalue weighted by Crippen LogP contribution is -1.99. The van der Waals surface area contributed by atoms with Crippen LogP contribution in [0.25, 0.3) is 0 Å². The minimum absolute atomic E-state index is 0.0142. The van der Waals surface area contributed by atoms with E-state index in [-0.39, 0.29) is 12.2 Å². The van der Waals surface area contributed by atoms with Crippen molar-refractivity contribution in [2.24, 2.45) is 0 Å². The van der Waals surface area contributed by atoms with Gasteiger partial charge in [0.05, 0.1) is 14.2 Å². The quantitative estimate of drug-likeness (QED) is 0.426. The molecule has 3 nitrogen and oxygen atoms in total. The van der Waals surface area contributed by atoms with Gasteiger partial charge in [-0.3, -0.25) is 4.79 Å². The maximum absolute atomic E-state index is 12.0. The van der Waals surface area contributed by atoms with E-state index < -0.39 is 0 Å². The fourth-order valence-electron chi connectivity index (χ4n) is 1.42. The van der Waals surface area contributed by atoms with Crippen LogP contribution in [0.3, 0.4) is 0 Å². The van der Waals surface area contributed by atoms with Crippen LogP contribution in [0.5, 0.6) is 5.75 Å². The van der Waals surface area contributed by atoms with Crippen molar-refractivity contribution in [2.45, 2.75) is 6.42 Å². The fraction of sp³-hybridized carbons (Fsp3) is 0.188. The maximum Gasteiger partial charge on any atom is 0.167 e. The molecule has 0 aliphatic heterocycles. The van der Waals surface area contributed by atoms with Gasteiger partial charge in [-0.15, -0.1) is 0 Å². The number of hydrogen-bond donors (Lipinski definition) is 0. The fourth-order valence-corrected chi connectivity index (χ4v) is 1.42. The Morgan fingerprint density at radius 2 is 1.79 bits per heavy atom. The zero-order valence-corrected chi connectivity index (χ0v) is 11.3. The van der Waals surface area contributed by atoms with Crippen LogP contribution >= 0.6 is 0 Å². The van der Waals surface area contributed by atoms with E-state index in [1.165, 1.54) is 7.11 Å². The molecule has 0 aromatic heterocycles. The highest BCUT2D eigenvalue weighted by atomic mass is 16.5. The molecule has 100 valence electrons. The van der Waals surface area contributed by atoms with E-state index in [2.05, 4.69) is 13.2 Å². The Hall–Kier alpha value is -2.29. The van der Waals surface area contributed by atoms with Crippen LogP contribution in [0.1, 0.15) is 16.8 Å². The number of hydrogen-bond acceptors (Lipinski definition) is 3. The van der Waals surface area contributed by atoms with Gasteiger partial charge in [0.2, 0.25) is 0 Å².